The molecule has 19 heavy (non-hydrogen) atoms. The molecule has 0 aliphatic heterocycles. The van der Waals surface area contributed by atoms with Crippen LogP contribution in [0, 0.1) is 0 Å². The molecule has 0 saturated heterocycles. The number of rotatable bonds is 5. The summed E-state index contributed by atoms with van der Waals surface area (Å²) in [4.78, 5) is 12.1. The molecule has 0 bridgehead atoms. The largest absolute Gasteiger partial charge is 0.369 e. The number of H-pyrrole nitrogens is 1. The molecule has 0 radical (unpaired) electrons. The van der Waals surface area contributed by atoms with Crippen LogP contribution in [-0.4, -0.2) is 21.5 Å². The van der Waals surface area contributed by atoms with E-state index in [1.807, 2.05) is 0 Å². The quantitative estimate of drug-likeness (QED) is 0.634. The van der Waals surface area contributed by atoms with Crippen LogP contribution >= 0.6 is 0 Å². The van der Waals surface area contributed by atoms with Gasteiger partial charge in [0.25, 0.3) is 0 Å². The lowest BCUT2D eigenvalue weighted by atomic mass is 10.0. The molecule has 2 aromatic rings. The van der Waals surface area contributed by atoms with Gasteiger partial charge in [0.2, 0.25) is 0 Å². The van der Waals surface area contributed by atoms with E-state index in [2.05, 4.69) is 45.4 Å². The van der Waals surface area contributed by atoms with Crippen LogP contribution in [0.2, 0.25) is 0 Å². The highest BCUT2D eigenvalue weighted by molar-refractivity contribution is 5.87. The SMILES string of the molecule is CCCCNc1ncnc2[nH]c(C3CC=CC3)cc12. The van der Waals surface area contributed by atoms with Gasteiger partial charge in [-0.25, -0.2) is 9.97 Å². The van der Waals surface area contributed by atoms with E-state index >= 15 is 0 Å². The topological polar surface area (TPSA) is 53.6 Å². The molecule has 0 aromatic carbocycles. The van der Waals surface area contributed by atoms with Crippen molar-refractivity contribution in [3.05, 3.63) is 30.2 Å². The Hall–Kier alpha value is -1.84. The number of anilines is 1. The Morgan fingerprint density at radius 3 is 2.95 bits per heavy atom. The van der Waals surface area contributed by atoms with E-state index in [1.165, 1.54) is 12.1 Å². The van der Waals surface area contributed by atoms with Crippen LogP contribution in [0.25, 0.3) is 11.0 Å². The van der Waals surface area contributed by atoms with Crippen molar-refractivity contribution in [1.29, 1.82) is 0 Å². The van der Waals surface area contributed by atoms with Crippen LogP contribution in [-0.2, 0) is 0 Å². The molecule has 0 amide bonds. The average molecular weight is 256 g/mol. The van der Waals surface area contributed by atoms with E-state index in [9.17, 15) is 0 Å². The van der Waals surface area contributed by atoms with Gasteiger partial charge in [-0.3, -0.25) is 0 Å². The summed E-state index contributed by atoms with van der Waals surface area (Å²) < 4.78 is 0. The van der Waals surface area contributed by atoms with Crippen molar-refractivity contribution in [2.24, 2.45) is 0 Å². The maximum atomic E-state index is 4.36. The predicted octanol–water partition coefficient (Wildman–Crippen LogP) is 3.60. The molecule has 2 aromatic heterocycles. The maximum Gasteiger partial charge on any atom is 0.143 e. The summed E-state index contributed by atoms with van der Waals surface area (Å²) in [5.74, 6) is 1.53. The third-order valence-corrected chi connectivity index (χ3v) is 3.72. The van der Waals surface area contributed by atoms with Gasteiger partial charge in [-0.1, -0.05) is 25.5 Å². The van der Waals surface area contributed by atoms with Crippen molar-refractivity contribution < 1.29 is 0 Å². The van der Waals surface area contributed by atoms with E-state index in [1.54, 1.807) is 6.33 Å². The Kier molecular flexibility index (Phi) is 3.49. The highest BCUT2D eigenvalue weighted by Gasteiger charge is 2.16. The van der Waals surface area contributed by atoms with Crippen molar-refractivity contribution >= 4 is 16.9 Å². The van der Waals surface area contributed by atoms with Crippen LogP contribution in [0.15, 0.2) is 24.5 Å². The second-order valence-electron chi connectivity index (χ2n) is 5.13. The highest BCUT2D eigenvalue weighted by Crippen LogP contribution is 2.31. The predicted molar refractivity (Wildman–Crippen MR) is 78.4 cm³/mol. The molecule has 0 unspecified atom stereocenters. The number of unbranched alkanes of at least 4 members (excludes halogenated alkanes) is 1. The Morgan fingerprint density at radius 1 is 1.32 bits per heavy atom. The fraction of sp³-hybridized carbons (Fsp3) is 0.467. The van der Waals surface area contributed by atoms with E-state index < -0.39 is 0 Å². The number of hydrogen-bond acceptors (Lipinski definition) is 3. The van der Waals surface area contributed by atoms with Gasteiger partial charge >= 0.3 is 0 Å². The zero-order chi connectivity index (χ0) is 13.1. The second-order valence-corrected chi connectivity index (χ2v) is 5.13. The first-order valence-corrected chi connectivity index (χ1v) is 7.11. The van der Waals surface area contributed by atoms with Gasteiger partial charge in [0.15, 0.2) is 0 Å². The molecule has 4 nitrogen and oxygen atoms in total. The summed E-state index contributed by atoms with van der Waals surface area (Å²) in [6.07, 6.45) is 10.7. The first kappa shape index (κ1) is 12.2. The standard InChI is InChI=1S/C15H20N4/c1-2-3-8-16-14-12-9-13(11-6-4-5-7-11)19-15(12)18-10-17-14/h4-5,9-11H,2-3,6-8H2,1H3,(H2,16,17,18,19). The molecule has 2 heterocycles. The van der Waals surface area contributed by atoms with Crippen LogP contribution < -0.4 is 5.32 Å². The zero-order valence-electron chi connectivity index (χ0n) is 11.3. The average Bonchev–Trinajstić information content (AvgIpc) is 3.08. The molecular weight excluding hydrogens is 236 g/mol. The molecule has 1 aliphatic rings. The second kappa shape index (κ2) is 5.43. The molecule has 100 valence electrons. The molecule has 0 spiro atoms. The minimum absolute atomic E-state index is 0.581. The van der Waals surface area contributed by atoms with Crippen molar-refractivity contribution in [3.63, 3.8) is 0 Å². The van der Waals surface area contributed by atoms with E-state index in [4.69, 9.17) is 0 Å². The lowest BCUT2D eigenvalue weighted by molar-refractivity contribution is 0.733. The highest BCUT2D eigenvalue weighted by atomic mass is 15.0. The minimum atomic E-state index is 0.581. The lowest BCUT2D eigenvalue weighted by Gasteiger charge is -2.05. The first-order chi connectivity index (χ1) is 9.38. The summed E-state index contributed by atoms with van der Waals surface area (Å²) in [6, 6.07) is 2.21. The first-order valence-electron chi connectivity index (χ1n) is 7.11. The minimum Gasteiger partial charge on any atom is -0.369 e. The number of aromatic nitrogens is 3. The fourth-order valence-corrected chi connectivity index (χ4v) is 2.58. The molecule has 2 N–H and O–H groups in total. The smallest absolute Gasteiger partial charge is 0.143 e. The van der Waals surface area contributed by atoms with Crippen LogP contribution in [0.5, 0.6) is 0 Å². The number of hydrogen-bond donors (Lipinski definition) is 2. The Morgan fingerprint density at radius 2 is 2.16 bits per heavy atom. The molecule has 0 atom stereocenters. The summed E-state index contributed by atoms with van der Waals surface area (Å²) in [6.45, 7) is 3.16. The Balaban J connectivity index is 1.86. The Labute approximate surface area is 113 Å². The molecular formula is C15H20N4. The van der Waals surface area contributed by atoms with Gasteiger partial charge < -0.3 is 10.3 Å². The van der Waals surface area contributed by atoms with E-state index in [0.717, 1.165) is 42.7 Å². The molecule has 0 fully saturated rings. The third-order valence-electron chi connectivity index (χ3n) is 3.72. The van der Waals surface area contributed by atoms with Crippen LogP contribution in [0.1, 0.15) is 44.2 Å². The molecule has 4 heteroatoms. The van der Waals surface area contributed by atoms with Gasteiger partial charge in [0.05, 0.1) is 5.39 Å². The van der Waals surface area contributed by atoms with Crippen molar-refractivity contribution in [1.82, 2.24) is 15.0 Å². The summed E-state index contributed by atoms with van der Waals surface area (Å²) in [7, 11) is 0. The lowest BCUT2D eigenvalue weighted by Crippen LogP contribution is -2.03. The van der Waals surface area contributed by atoms with E-state index in [0.29, 0.717) is 5.92 Å². The Bertz CT molecular complexity index is 577. The molecule has 1 aliphatic carbocycles. The van der Waals surface area contributed by atoms with Gasteiger partial charge in [-0.2, -0.15) is 0 Å². The van der Waals surface area contributed by atoms with E-state index in [-0.39, 0.29) is 0 Å². The van der Waals surface area contributed by atoms with Gasteiger partial charge in [0.1, 0.15) is 17.8 Å². The van der Waals surface area contributed by atoms with Crippen LogP contribution in [0.4, 0.5) is 5.82 Å². The number of fused-ring (bicyclic) bond motifs is 1. The number of aromatic amines is 1. The van der Waals surface area contributed by atoms with Crippen molar-refractivity contribution in [3.8, 4) is 0 Å². The molecule has 3 rings (SSSR count). The van der Waals surface area contributed by atoms with Gasteiger partial charge in [-0.15, -0.1) is 0 Å². The monoisotopic (exact) mass is 256 g/mol. The van der Waals surface area contributed by atoms with Gasteiger partial charge in [0, 0.05) is 18.2 Å². The maximum absolute atomic E-state index is 4.36. The number of nitrogens with zero attached hydrogens (tertiary/aromatic N) is 2. The summed E-state index contributed by atoms with van der Waals surface area (Å²) >= 11 is 0. The summed E-state index contributed by atoms with van der Waals surface area (Å²) in [5.41, 5.74) is 2.22. The van der Waals surface area contributed by atoms with Crippen LogP contribution in [0.3, 0.4) is 0 Å². The summed E-state index contributed by atoms with van der Waals surface area (Å²) in [5, 5.41) is 4.52. The number of nitrogens with one attached hydrogen (secondary N) is 2. The fourth-order valence-electron chi connectivity index (χ4n) is 2.58. The number of allylic oxidation sites excluding steroid dienone is 2. The zero-order valence-corrected chi connectivity index (χ0v) is 11.3. The van der Waals surface area contributed by atoms with Crippen molar-refractivity contribution in [2.75, 3.05) is 11.9 Å². The van der Waals surface area contributed by atoms with Crippen molar-refractivity contribution in [2.45, 2.75) is 38.5 Å². The normalized spacial score (nSPS) is 15.4. The van der Waals surface area contributed by atoms with Gasteiger partial charge in [-0.05, 0) is 25.3 Å². The molecule has 0 saturated carbocycles. The third kappa shape index (κ3) is 2.48.